The summed E-state index contributed by atoms with van der Waals surface area (Å²) < 4.78 is 12.3. The Hall–Kier alpha value is -3.02. The van der Waals surface area contributed by atoms with Crippen LogP contribution in [0.1, 0.15) is 24.2 Å². The Morgan fingerprint density at radius 3 is 2.44 bits per heavy atom. The molecule has 0 saturated heterocycles. The van der Waals surface area contributed by atoms with Crippen molar-refractivity contribution < 1.29 is 14.3 Å². The smallest absolute Gasteiger partial charge is 0.255 e. The standard InChI is InChI=1S/C19H19N3O3/c1-12-11-20-18(13-4-6-14(24-2)7-5-13)19-16-9-8-15(25-3)10-17(16)22(23)21(12)19/h4-10,12H,11H2,1-3H3. The van der Waals surface area contributed by atoms with Crippen LogP contribution in [0, 0.1) is 5.21 Å². The fourth-order valence-corrected chi connectivity index (χ4v) is 3.32. The van der Waals surface area contributed by atoms with Crippen molar-refractivity contribution in [2.75, 3.05) is 20.8 Å². The Morgan fingerprint density at radius 2 is 1.76 bits per heavy atom. The van der Waals surface area contributed by atoms with Crippen molar-refractivity contribution in [3.05, 3.63) is 58.9 Å². The quantitative estimate of drug-likeness (QED) is 0.545. The van der Waals surface area contributed by atoms with Gasteiger partial charge in [-0.1, -0.05) is 4.85 Å². The lowest BCUT2D eigenvalue weighted by Gasteiger charge is -2.20. The maximum atomic E-state index is 12.9. The number of hydrogen-bond donors (Lipinski definition) is 0. The molecule has 3 aromatic rings. The summed E-state index contributed by atoms with van der Waals surface area (Å²) in [6, 6.07) is 13.3. The van der Waals surface area contributed by atoms with Crippen molar-refractivity contribution in [1.29, 1.82) is 0 Å². The fraction of sp³-hybridized carbons (Fsp3) is 0.263. The Bertz CT molecular complexity index is 974. The Kier molecular flexibility index (Phi) is 3.60. The minimum absolute atomic E-state index is 0.00658. The largest absolute Gasteiger partial charge is 0.595 e. The number of ether oxygens (including phenoxy) is 2. The van der Waals surface area contributed by atoms with Crippen molar-refractivity contribution in [2.24, 2.45) is 4.99 Å². The van der Waals surface area contributed by atoms with E-state index >= 15 is 0 Å². The van der Waals surface area contributed by atoms with Crippen molar-refractivity contribution in [1.82, 2.24) is 4.68 Å². The van der Waals surface area contributed by atoms with Crippen LogP contribution in [-0.2, 0) is 0 Å². The minimum atomic E-state index is -0.00658. The first kappa shape index (κ1) is 15.5. The van der Waals surface area contributed by atoms with Gasteiger partial charge in [0.15, 0.2) is 0 Å². The van der Waals surface area contributed by atoms with Gasteiger partial charge in [0.05, 0.1) is 37.9 Å². The number of aliphatic imine (C=N–C) groups is 1. The average Bonchev–Trinajstić information content (AvgIpc) is 2.95. The molecule has 6 heteroatoms. The molecule has 128 valence electrons. The molecule has 0 aliphatic carbocycles. The minimum Gasteiger partial charge on any atom is -0.595 e. The summed E-state index contributed by atoms with van der Waals surface area (Å²) in [5.74, 6) is 1.45. The third-order valence-corrected chi connectivity index (χ3v) is 4.61. The second-order valence-corrected chi connectivity index (χ2v) is 6.12. The second-order valence-electron chi connectivity index (χ2n) is 6.12. The molecule has 0 radical (unpaired) electrons. The van der Waals surface area contributed by atoms with Gasteiger partial charge in [-0.3, -0.25) is 4.99 Å². The first-order chi connectivity index (χ1) is 12.1. The van der Waals surface area contributed by atoms with Crippen LogP contribution in [0.25, 0.3) is 10.9 Å². The first-order valence-corrected chi connectivity index (χ1v) is 8.15. The fourth-order valence-electron chi connectivity index (χ4n) is 3.32. The molecule has 1 aromatic heterocycles. The number of rotatable bonds is 3. The number of hydrogen-bond acceptors (Lipinski definition) is 4. The molecule has 0 N–H and O–H groups in total. The van der Waals surface area contributed by atoms with E-state index in [0.717, 1.165) is 32.9 Å². The third-order valence-electron chi connectivity index (χ3n) is 4.61. The van der Waals surface area contributed by atoms with E-state index in [4.69, 9.17) is 14.5 Å². The summed E-state index contributed by atoms with van der Waals surface area (Å²) in [6.45, 7) is 2.57. The molecule has 0 fully saturated rings. The Balaban J connectivity index is 1.95. The van der Waals surface area contributed by atoms with Crippen LogP contribution in [0.2, 0.25) is 0 Å². The summed E-state index contributed by atoms with van der Waals surface area (Å²) in [6.07, 6.45) is 0. The highest BCUT2D eigenvalue weighted by atomic mass is 16.5. The van der Waals surface area contributed by atoms with Gasteiger partial charge >= 0.3 is 0 Å². The topological polar surface area (TPSA) is 62.7 Å². The van der Waals surface area contributed by atoms with E-state index in [1.54, 1.807) is 25.0 Å². The molecule has 2 aromatic carbocycles. The van der Waals surface area contributed by atoms with Crippen molar-refractivity contribution in [3.8, 4) is 11.5 Å². The summed E-state index contributed by atoms with van der Waals surface area (Å²) in [7, 11) is 3.24. The number of benzene rings is 2. The van der Waals surface area contributed by atoms with Gasteiger partial charge in [-0.05, 0) is 43.3 Å². The van der Waals surface area contributed by atoms with E-state index in [1.165, 1.54) is 0 Å². The van der Waals surface area contributed by atoms with E-state index < -0.39 is 0 Å². The monoisotopic (exact) mass is 337 g/mol. The van der Waals surface area contributed by atoms with E-state index in [0.29, 0.717) is 17.8 Å². The van der Waals surface area contributed by atoms with Crippen LogP contribution in [0.15, 0.2) is 47.5 Å². The van der Waals surface area contributed by atoms with Gasteiger partial charge in [-0.2, -0.15) is 0 Å². The van der Waals surface area contributed by atoms with Crippen LogP contribution in [0.4, 0.5) is 0 Å². The molecule has 6 nitrogen and oxygen atoms in total. The van der Waals surface area contributed by atoms with Gasteiger partial charge in [-0.25, -0.2) is 0 Å². The molecule has 1 atom stereocenters. The molecule has 1 unspecified atom stereocenters. The highest BCUT2D eigenvalue weighted by Gasteiger charge is 2.31. The number of aromatic nitrogens is 2. The van der Waals surface area contributed by atoms with E-state index in [2.05, 4.69) is 0 Å². The first-order valence-electron chi connectivity index (χ1n) is 8.15. The lowest BCUT2D eigenvalue weighted by atomic mass is 10.0. The van der Waals surface area contributed by atoms with E-state index in [9.17, 15) is 5.21 Å². The second kappa shape index (κ2) is 5.81. The molecular formula is C19H19N3O3. The lowest BCUT2D eigenvalue weighted by Crippen LogP contribution is -2.43. The van der Waals surface area contributed by atoms with Crippen molar-refractivity contribution >= 4 is 16.6 Å². The number of methoxy groups -OCH3 is 2. The Labute approximate surface area is 145 Å². The van der Waals surface area contributed by atoms with Gasteiger partial charge in [0, 0.05) is 5.56 Å². The van der Waals surface area contributed by atoms with Crippen LogP contribution >= 0.6 is 0 Å². The molecule has 4 rings (SSSR count). The van der Waals surface area contributed by atoms with Gasteiger partial charge in [-0.15, -0.1) is 4.68 Å². The summed E-state index contributed by atoms with van der Waals surface area (Å²) >= 11 is 0. The SMILES string of the molecule is COc1ccc(C2=NCC(C)n3c2c2ccc(OC)cc2[n+]3[O-])cc1. The van der Waals surface area contributed by atoms with Crippen LogP contribution in [0.3, 0.4) is 0 Å². The molecule has 0 spiro atoms. The molecule has 2 heterocycles. The van der Waals surface area contributed by atoms with Crippen LogP contribution < -0.4 is 14.3 Å². The molecule has 25 heavy (non-hydrogen) atoms. The Morgan fingerprint density at radius 1 is 1.08 bits per heavy atom. The van der Waals surface area contributed by atoms with Gasteiger partial charge in [0.2, 0.25) is 0 Å². The maximum Gasteiger partial charge on any atom is 0.255 e. The lowest BCUT2D eigenvalue weighted by molar-refractivity contribution is -0.673. The van der Waals surface area contributed by atoms with Crippen molar-refractivity contribution in [2.45, 2.75) is 13.0 Å². The van der Waals surface area contributed by atoms with Gasteiger partial charge in [0.1, 0.15) is 23.2 Å². The molecular weight excluding hydrogens is 318 g/mol. The molecule has 0 bridgehead atoms. The number of fused-ring (bicyclic) bond motifs is 3. The summed E-state index contributed by atoms with van der Waals surface area (Å²) in [5, 5.41) is 13.8. The van der Waals surface area contributed by atoms with E-state index in [-0.39, 0.29) is 6.04 Å². The summed E-state index contributed by atoms with van der Waals surface area (Å²) in [4.78, 5) is 5.71. The number of nitrogens with zero attached hydrogens (tertiary/aromatic N) is 3. The highest BCUT2D eigenvalue weighted by molar-refractivity contribution is 6.18. The zero-order valence-corrected chi connectivity index (χ0v) is 14.4. The molecule has 1 aliphatic rings. The average molecular weight is 337 g/mol. The van der Waals surface area contributed by atoms with Gasteiger partial charge < -0.3 is 14.7 Å². The van der Waals surface area contributed by atoms with Crippen LogP contribution in [0.5, 0.6) is 11.5 Å². The molecule has 1 aliphatic heterocycles. The zero-order chi connectivity index (χ0) is 17.6. The maximum absolute atomic E-state index is 12.9. The predicted molar refractivity (Wildman–Crippen MR) is 95.7 cm³/mol. The summed E-state index contributed by atoms with van der Waals surface area (Å²) in [5.41, 5.74) is 3.22. The van der Waals surface area contributed by atoms with E-state index in [1.807, 2.05) is 43.3 Å². The van der Waals surface area contributed by atoms with Gasteiger partial charge in [0.25, 0.3) is 5.52 Å². The third kappa shape index (κ3) is 2.33. The normalized spacial score (nSPS) is 16.4. The van der Waals surface area contributed by atoms with Crippen LogP contribution in [-0.4, -0.2) is 31.2 Å². The zero-order valence-electron chi connectivity index (χ0n) is 14.4. The molecule has 0 amide bonds. The predicted octanol–water partition coefficient (Wildman–Crippen LogP) is 2.70. The highest BCUT2D eigenvalue weighted by Crippen LogP contribution is 2.29. The molecule has 0 saturated carbocycles. The van der Waals surface area contributed by atoms with Crippen molar-refractivity contribution in [3.63, 3.8) is 0 Å².